The SMILES string of the molecule is CCn1cc(NC(=O)c2cc(C)nc3onc(C)c23)cn1. The molecular weight excluding hydrogens is 270 g/mol. The maximum atomic E-state index is 12.5. The summed E-state index contributed by atoms with van der Waals surface area (Å²) in [6.45, 7) is 6.33. The highest BCUT2D eigenvalue weighted by Crippen LogP contribution is 2.22. The van der Waals surface area contributed by atoms with E-state index in [1.807, 2.05) is 13.8 Å². The van der Waals surface area contributed by atoms with E-state index in [1.165, 1.54) is 0 Å². The summed E-state index contributed by atoms with van der Waals surface area (Å²) in [6, 6.07) is 1.73. The lowest BCUT2D eigenvalue weighted by Gasteiger charge is -2.04. The van der Waals surface area contributed by atoms with Crippen LogP contribution in [0.25, 0.3) is 11.1 Å². The minimum absolute atomic E-state index is 0.229. The fraction of sp³-hybridized carbons (Fsp3) is 0.286. The number of amides is 1. The van der Waals surface area contributed by atoms with Crippen LogP contribution in [0.2, 0.25) is 0 Å². The highest BCUT2D eigenvalue weighted by molar-refractivity contribution is 6.12. The normalized spacial score (nSPS) is 11.0. The van der Waals surface area contributed by atoms with E-state index in [0.717, 1.165) is 6.54 Å². The van der Waals surface area contributed by atoms with E-state index in [1.54, 1.807) is 30.1 Å². The third-order valence-electron chi connectivity index (χ3n) is 3.20. The van der Waals surface area contributed by atoms with E-state index < -0.39 is 0 Å². The van der Waals surface area contributed by atoms with Gasteiger partial charge in [0.25, 0.3) is 11.6 Å². The van der Waals surface area contributed by atoms with Gasteiger partial charge < -0.3 is 9.84 Å². The van der Waals surface area contributed by atoms with Gasteiger partial charge in [-0.05, 0) is 26.8 Å². The molecule has 0 unspecified atom stereocenters. The average molecular weight is 285 g/mol. The second-order valence-corrected chi connectivity index (χ2v) is 4.80. The molecule has 3 aromatic heterocycles. The highest BCUT2D eigenvalue weighted by atomic mass is 16.5. The zero-order chi connectivity index (χ0) is 15.0. The van der Waals surface area contributed by atoms with Gasteiger partial charge in [-0.1, -0.05) is 5.16 Å². The van der Waals surface area contributed by atoms with Crippen LogP contribution in [0.4, 0.5) is 5.69 Å². The quantitative estimate of drug-likeness (QED) is 0.798. The number of aromatic nitrogens is 4. The molecule has 0 radical (unpaired) electrons. The number of hydrogen-bond acceptors (Lipinski definition) is 5. The van der Waals surface area contributed by atoms with Crippen molar-refractivity contribution in [2.45, 2.75) is 27.3 Å². The number of aryl methyl sites for hydroxylation is 3. The van der Waals surface area contributed by atoms with Crippen molar-refractivity contribution >= 4 is 22.7 Å². The van der Waals surface area contributed by atoms with Gasteiger partial charge in [-0.2, -0.15) is 5.10 Å². The Morgan fingerprint density at radius 1 is 1.43 bits per heavy atom. The molecule has 0 saturated carbocycles. The number of anilines is 1. The first-order valence-corrected chi connectivity index (χ1v) is 6.66. The van der Waals surface area contributed by atoms with Gasteiger partial charge in [-0.15, -0.1) is 0 Å². The van der Waals surface area contributed by atoms with Crippen LogP contribution in [0.1, 0.15) is 28.7 Å². The lowest BCUT2D eigenvalue weighted by atomic mass is 10.1. The summed E-state index contributed by atoms with van der Waals surface area (Å²) in [7, 11) is 0. The van der Waals surface area contributed by atoms with Crippen molar-refractivity contribution in [2.24, 2.45) is 0 Å². The van der Waals surface area contributed by atoms with Crippen molar-refractivity contribution in [3.63, 3.8) is 0 Å². The van der Waals surface area contributed by atoms with E-state index in [2.05, 4.69) is 20.6 Å². The summed E-state index contributed by atoms with van der Waals surface area (Å²) in [5.74, 6) is -0.229. The van der Waals surface area contributed by atoms with Crippen LogP contribution in [0.5, 0.6) is 0 Å². The van der Waals surface area contributed by atoms with Crippen molar-refractivity contribution in [2.75, 3.05) is 5.32 Å². The van der Waals surface area contributed by atoms with Crippen molar-refractivity contribution < 1.29 is 9.32 Å². The molecule has 21 heavy (non-hydrogen) atoms. The number of rotatable bonds is 3. The Balaban J connectivity index is 1.99. The van der Waals surface area contributed by atoms with Gasteiger partial charge in [0.1, 0.15) is 0 Å². The Bertz CT molecular complexity index is 818. The monoisotopic (exact) mass is 285 g/mol. The Hall–Kier alpha value is -2.70. The van der Waals surface area contributed by atoms with Crippen LogP contribution in [-0.4, -0.2) is 25.8 Å². The minimum atomic E-state index is -0.229. The van der Waals surface area contributed by atoms with E-state index in [-0.39, 0.29) is 5.91 Å². The third kappa shape index (κ3) is 2.37. The molecular formula is C14H15N5O2. The molecule has 1 N–H and O–H groups in total. The molecule has 0 bridgehead atoms. The van der Waals surface area contributed by atoms with E-state index >= 15 is 0 Å². The van der Waals surface area contributed by atoms with Gasteiger partial charge in [-0.25, -0.2) is 4.98 Å². The lowest BCUT2D eigenvalue weighted by Crippen LogP contribution is -2.12. The first kappa shape index (κ1) is 13.3. The number of pyridine rings is 1. The van der Waals surface area contributed by atoms with Crippen LogP contribution in [0, 0.1) is 13.8 Å². The Morgan fingerprint density at radius 2 is 2.24 bits per heavy atom. The molecule has 108 valence electrons. The molecule has 0 aliphatic rings. The smallest absolute Gasteiger partial charge is 0.258 e. The summed E-state index contributed by atoms with van der Waals surface area (Å²) in [5, 5.41) is 11.5. The predicted octanol–water partition coefficient (Wildman–Crippen LogP) is 2.31. The number of nitrogens with one attached hydrogen (secondary N) is 1. The Kier molecular flexibility index (Phi) is 3.17. The number of fused-ring (bicyclic) bond motifs is 1. The van der Waals surface area contributed by atoms with Crippen LogP contribution >= 0.6 is 0 Å². The van der Waals surface area contributed by atoms with Gasteiger partial charge in [0, 0.05) is 18.4 Å². The molecule has 3 aromatic rings. The van der Waals surface area contributed by atoms with Gasteiger partial charge >= 0.3 is 0 Å². The van der Waals surface area contributed by atoms with Crippen molar-refractivity contribution in [3.05, 3.63) is 35.4 Å². The summed E-state index contributed by atoms with van der Waals surface area (Å²) in [4.78, 5) is 16.7. The molecule has 0 spiro atoms. The molecule has 7 nitrogen and oxygen atoms in total. The molecule has 0 fully saturated rings. The zero-order valence-corrected chi connectivity index (χ0v) is 12.0. The standard InChI is InChI=1S/C14H15N5O2/c1-4-19-7-10(6-15-19)17-13(20)11-5-8(2)16-14-12(11)9(3)18-21-14/h5-7H,4H2,1-3H3,(H,17,20). The molecule has 0 aromatic carbocycles. The molecule has 7 heteroatoms. The van der Waals surface area contributed by atoms with Crippen LogP contribution in [-0.2, 0) is 6.54 Å². The second-order valence-electron chi connectivity index (χ2n) is 4.80. The van der Waals surface area contributed by atoms with Gasteiger partial charge in [0.2, 0.25) is 0 Å². The summed E-state index contributed by atoms with van der Waals surface area (Å²) < 4.78 is 6.88. The average Bonchev–Trinajstić information content (AvgIpc) is 3.05. The van der Waals surface area contributed by atoms with Gasteiger partial charge in [0.15, 0.2) is 0 Å². The fourth-order valence-electron chi connectivity index (χ4n) is 2.20. The molecule has 1 amide bonds. The van der Waals surface area contributed by atoms with Gasteiger partial charge in [-0.3, -0.25) is 9.48 Å². The van der Waals surface area contributed by atoms with Crippen molar-refractivity contribution in [1.29, 1.82) is 0 Å². The summed E-state index contributed by atoms with van der Waals surface area (Å²) >= 11 is 0. The first-order chi connectivity index (χ1) is 10.1. The van der Waals surface area contributed by atoms with E-state index in [9.17, 15) is 4.79 Å². The van der Waals surface area contributed by atoms with E-state index in [4.69, 9.17) is 4.52 Å². The Labute approximate surface area is 120 Å². The second kappa shape index (κ2) is 5.01. The number of carbonyl (C=O) groups is 1. The fourth-order valence-corrected chi connectivity index (χ4v) is 2.20. The molecule has 3 heterocycles. The van der Waals surface area contributed by atoms with Crippen molar-refractivity contribution in [3.8, 4) is 0 Å². The summed E-state index contributed by atoms with van der Waals surface area (Å²) in [6.07, 6.45) is 3.40. The molecule has 0 aliphatic carbocycles. The van der Waals surface area contributed by atoms with Crippen LogP contribution < -0.4 is 5.32 Å². The molecule has 3 rings (SSSR count). The molecule has 0 saturated heterocycles. The van der Waals surface area contributed by atoms with Crippen LogP contribution in [0.3, 0.4) is 0 Å². The Morgan fingerprint density at radius 3 is 2.95 bits per heavy atom. The minimum Gasteiger partial charge on any atom is -0.336 e. The maximum Gasteiger partial charge on any atom is 0.258 e. The third-order valence-corrected chi connectivity index (χ3v) is 3.20. The lowest BCUT2D eigenvalue weighted by molar-refractivity contribution is 0.102. The highest BCUT2D eigenvalue weighted by Gasteiger charge is 2.18. The van der Waals surface area contributed by atoms with Gasteiger partial charge in [0.05, 0.1) is 28.5 Å². The van der Waals surface area contributed by atoms with Crippen LogP contribution in [0.15, 0.2) is 23.0 Å². The largest absolute Gasteiger partial charge is 0.336 e. The number of hydrogen-bond donors (Lipinski definition) is 1. The van der Waals surface area contributed by atoms with E-state index in [0.29, 0.717) is 33.7 Å². The first-order valence-electron chi connectivity index (χ1n) is 6.66. The number of carbonyl (C=O) groups excluding carboxylic acids is 1. The molecule has 0 atom stereocenters. The summed E-state index contributed by atoms with van der Waals surface area (Å²) in [5.41, 5.74) is 2.88. The number of nitrogens with zero attached hydrogens (tertiary/aromatic N) is 4. The molecule has 0 aliphatic heterocycles. The van der Waals surface area contributed by atoms with Crippen molar-refractivity contribution in [1.82, 2.24) is 19.9 Å². The topological polar surface area (TPSA) is 85.8 Å². The zero-order valence-electron chi connectivity index (χ0n) is 12.0. The maximum absolute atomic E-state index is 12.5. The predicted molar refractivity (Wildman–Crippen MR) is 77.1 cm³/mol.